The molecule has 156 valence electrons. The highest BCUT2D eigenvalue weighted by atomic mass is 32.1. The zero-order valence-corrected chi connectivity index (χ0v) is 18.5. The Hall–Kier alpha value is -3.05. The zero-order valence-electron chi connectivity index (χ0n) is 17.7. The summed E-state index contributed by atoms with van der Waals surface area (Å²) < 4.78 is 11.0. The van der Waals surface area contributed by atoms with Gasteiger partial charge in [0.05, 0.1) is 19.4 Å². The number of para-hydroxylation sites is 2. The fourth-order valence-electron chi connectivity index (χ4n) is 3.11. The number of ether oxygens (including phenoxy) is 2. The Morgan fingerprint density at radius 1 is 0.900 bits per heavy atom. The van der Waals surface area contributed by atoms with Gasteiger partial charge < -0.3 is 19.7 Å². The molecule has 5 heteroatoms. The highest BCUT2D eigenvalue weighted by molar-refractivity contribution is 7.80. The highest BCUT2D eigenvalue weighted by Crippen LogP contribution is 2.25. The van der Waals surface area contributed by atoms with E-state index in [4.69, 9.17) is 21.7 Å². The van der Waals surface area contributed by atoms with Crippen LogP contribution in [0, 0.1) is 6.92 Å². The largest absolute Gasteiger partial charge is 0.497 e. The minimum absolute atomic E-state index is 0.602. The van der Waals surface area contributed by atoms with E-state index in [1.54, 1.807) is 7.11 Å². The summed E-state index contributed by atoms with van der Waals surface area (Å²) >= 11 is 5.81. The lowest BCUT2D eigenvalue weighted by Crippen LogP contribution is -2.34. The van der Waals surface area contributed by atoms with Crippen molar-refractivity contribution in [3.8, 4) is 11.5 Å². The van der Waals surface area contributed by atoms with Crippen LogP contribution in [0.15, 0.2) is 72.8 Å². The number of thiocarbonyl (C=S) groups is 1. The molecule has 0 atom stereocenters. The minimum atomic E-state index is 0.602. The molecular formula is C25H28N2O2S. The lowest BCUT2D eigenvalue weighted by atomic mass is 10.1. The number of hydrogen-bond acceptors (Lipinski definition) is 3. The highest BCUT2D eigenvalue weighted by Gasteiger charge is 2.14. The van der Waals surface area contributed by atoms with Crippen molar-refractivity contribution < 1.29 is 9.47 Å². The Balaban J connectivity index is 1.81. The summed E-state index contributed by atoms with van der Waals surface area (Å²) in [5.74, 6) is 1.64. The molecule has 0 aliphatic carbocycles. The third-order valence-electron chi connectivity index (χ3n) is 4.74. The molecule has 0 bridgehead atoms. The number of rotatable bonds is 8. The Morgan fingerprint density at radius 3 is 2.10 bits per heavy atom. The van der Waals surface area contributed by atoms with Crippen molar-refractivity contribution in [3.63, 3.8) is 0 Å². The number of methoxy groups -OCH3 is 1. The molecule has 1 N–H and O–H groups in total. The van der Waals surface area contributed by atoms with E-state index in [0.29, 0.717) is 24.8 Å². The topological polar surface area (TPSA) is 33.7 Å². The zero-order chi connectivity index (χ0) is 21.3. The van der Waals surface area contributed by atoms with Gasteiger partial charge in [0.25, 0.3) is 0 Å². The van der Waals surface area contributed by atoms with Crippen LogP contribution >= 0.6 is 12.2 Å². The average molecular weight is 421 g/mol. The molecule has 0 saturated heterocycles. The number of hydrogen-bond donors (Lipinski definition) is 1. The van der Waals surface area contributed by atoms with Gasteiger partial charge in [0, 0.05) is 13.1 Å². The number of nitrogens with one attached hydrogen (secondary N) is 1. The van der Waals surface area contributed by atoms with Gasteiger partial charge in [-0.1, -0.05) is 54.1 Å². The SMILES string of the molecule is CCOc1ccccc1NC(=S)N(Cc1ccc(C)cc1)Cc1ccc(OC)cc1. The normalized spacial score (nSPS) is 10.4. The first-order valence-electron chi connectivity index (χ1n) is 10.0. The predicted octanol–water partition coefficient (Wildman–Crippen LogP) is 5.80. The van der Waals surface area contributed by atoms with E-state index in [-0.39, 0.29) is 0 Å². The molecule has 0 radical (unpaired) electrons. The Morgan fingerprint density at radius 2 is 1.50 bits per heavy atom. The van der Waals surface area contributed by atoms with Crippen molar-refractivity contribution in [2.45, 2.75) is 26.9 Å². The van der Waals surface area contributed by atoms with Crippen LogP contribution < -0.4 is 14.8 Å². The van der Waals surface area contributed by atoms with Crippen LogP contribution in [-0.2, 0) is 13.1 Å². The van der Waals surface area contributed by atoms with Crippen LogP contribution in [-0.4, -0.2) is 23.7 Å². The molecule has 0 fully saturated rings. The van der Waals surface area contributed by atoms with Gasteiger partial charge in [-0.2, -0.15) is 0 Å². The lowest BCUT2D eigenvalue weighted by Gasteiger charge is -2.27. The molecule has 0 saturated carbocycles. The summed E-state index contributed by atoms with van der Waals surface area (Å²) in [6.45, 7) is 6.05. The number of aryl methyl sites for hydroxylation is 1. The first kappa shape index (κ1) is 21.7. The van der Waals surface area contributed by atoms with Gasteiger partial charge in [-0.3, -0.25) is 0 Å². The second kappa shape index (κ2) is 10.6. The minimum Gasteiger partial charge on any atom is -0.497 e. The Labute approximate surface area is 184 Å². The molecular weight excluding hydrogens is 392 g/mol. The van der Waals surface area contributed by atoms with Crippen LogP contribution in [0.1, 0.15) is 23.6 Å². The van der Waals surface area contributed by atoms with Crippen LogP contribution in [0.5, 0.6) is 11.5 Å². The molecule has 3 rings (SSSR count). The second-order valence-corrected chi connectivity index (χ2v) is 7.44. The third-order valence-corrected chi connectivity index (χ3v) is 5.10. The molecule has 0 amide bonds. The average Bonchev–Trinajstić information content (AvgIpc) is 2.77. The van der Waals surface area contributed by atoms with Crippen LogP contribution in [0.4, 0.5) is 5.69 Å². The van der Waals surface area contributed by atoms with E-state index in [2.05, 4.69) is 53.5 Å². The lowest BCUT2D eigenvalue weighted by molar-refractivity contribution is 0.342. The standard InChI is InChI=1S/C25H28N2O2S/c1-4-29-24-8-6-5-7-23(24)26-25(30)27(17-20-11-9-19(2)10-12-20)18-21-13-15-22(28-3)16-14-21/h5-16H,4,17-18H2,1-3H3,(H,26,30). The summed E-state index contributed by atoms with van der Waals surface area (Å²) in [5, 5.41) is 4.03. The maximum Gasteiger partial charge on any atom is 0.174 e. The molecule has 3 aromatic rings. The molecule has 0 heterocycles. The van der Waals surface area contributed by atoms with Crippen LogP contribution in [0.25, 0.3) is 0 Å². The Bertz CT molecular complexity index is 956. The van der Waals surface area contributed by atoms with E-state index >= 15 is 0 Å². The quantitative estimate of drug-likeness (QED) is 0.466. The van der Waals surface area contributed by atoms with Gasteiger partial charge in [-0.05, 0) is 61.5 Å². The maximum atomic E-state index is 5.81. The van der Waals surface area contributed by atoms with Gasteiger partial charge >= 0.3 is 0 Å². The number of nitrogens with zero attached hydrogens (tertiary/aromatic N) is 1. The van der Waals surface area contributed by atoms with Gasteiger partial charge in [-0.25, -0.2) is 0 Å². The molecule has 0 unspecified atom stereocenters. The van der Waals surface area contributed by atoms with Crippen LogP contribution in [0.3, 0.4) is 0 Å². The van der Waals surface area contributed by atoms with E-state index < -0.39 is 0 Å². The third kappa shape index (κ3) is 5.97. The predicted molar refractivity (Wildman–Crippen MR) is 127 cm³/mol. The van der Waals surface area contributed by atoms with Crippen molar-refractivity contribution in [2.75, 3.05) is 19.0 Å². The van der Waals surface area contributed by atoms with E-state index in [1.165, 1.54) is 11.1 Å². The Kier molecular flexibility index (Phi) is 7.69. The molecule has 0 aliphatic rings. The van der Waals surface area contributed by atoms with Gasteiger partial charge in [0.2, 0.25) is 0 Å². The number of anilines is 1. The maximum absolute atomic E-state index is 5.81. The molecule has 4 nitrogen and oxygen atoms in total. The van der Waals surface area contributed by atoms with Crippen molar-refractivity contribution in [2.24, 2.45) is 0 Å². The van der Waals surface area contributed by atoms with Crippen molar-refractivity contribution >= 4 is 23.0 Å². The van der Waals surface area contributed by atoms with E-state index in [1.807, 2.05) is 43.3 Å². The molecule has 3 aromatic carbocycles. The van der Waals surface area contributed by atoms with Crippen molar-refractivity contribution in [1.29, 1.82) is 0 Å². The fraction of sp³-hybridized carbons (Fsp3) is 0.240. The van der Waals surface area contributed by atoms with Crippen molar-refractivity contribution in [1.82, 2.24) is 4.90 Å². The molecule has 30 heavy (non-hydrogen) atoms. The second-order valence-electron chi connectivity index (χ2n) is 7.05. The van der Waals surface area contributed by atoms with Gasteiger partial charge in [0.1, 0.15) is 11.5 Å². The molecule has 0 aromatic heterocycles. The fourth-order valence-corrected chi connectivity index (χ4v) is 3.35. The smallest absolute Gasteiger partial charge is 0.174 e. The summed E-state index contributed by atoms with van der Waals surface area (Å²) in [5.41, 5.74) is 4.47. The number of benzene rings is 3. The van der Waals surface area contributed by atoms with Crippen LogP contribution in [0.2, 0.25) is 0 Å². The first-order chi connectivity index (χ1) is 14.6. The summed E-state index contributed by atoms with van der Waals surface area (Å²) in [7, 11) is 1.67. The first-order valence-corrected chi connectivity index (χ1v) is 10.5. The van der Waals surface area contributed by atoms with Gasteiger partial charge in [0.15, 0.2) is 5.11 Å². The van der Waals surface area contributed by atoms with E-state index in [9.17, 15) is 0 Å². The van der Waals surface area contributed by atoms with E-state index in [0.717, 1.165) is 22.7 Å². The van der Waals surface area contributed by atoms with Crippen molar-refractivity contribution in [3.05, 3.63) is 89.5 Å². The summed E-state index contributed by atoms with van der Waals surface area (Å²) in [6.07, 6.45) is 0. The van der Waals surface area contributed by atoms with Gasteiger partial charge in [-0.15, -0.1) is 0 Å². The molecule has 0 aliphatic heterocycles. The molecule has 0 spiro atoms. The summed E-state index contributed by atoms with van der Waals surface area (Å²) in [4.78, 5) is 2.16. The summed E-state index contributed by atoms with van der Waals surface area (Å²) in [6, 6.07) is 24.5. The monoisotopic (exact) mass is 420 g/mol.